The van der Waals surface area contributed by atoms with Gasteiger partial charge in [-0.2, -0.15) is 0 Å². The minimum Gasteiger partial charge on any atom is -0.357 e. The van der Waals surface area contributed by atoms with E-state index in [0.717, 1.165) is 31.9 Å². The molecule has 2 rings (SSSR count). The Labute approximate surface area is 191 Å². The minimum absolute atomic E-state index is 0. The fourth-order valence-corrected chi connectivity index (χ4v) is 3.10. The van der Waals surface area contributed by atoms with Crippen molar-refractivity contribution in [1.29, 1.82) is 0 Å². The molecule has 1 aromatic carbocycles. The van der Waals surface area contributed by atoms with Crippen LogP contribution in [-0.2, 0) is 11.2 Å². The standard InChI is InChI=1S/C21H33N5O2.HI/c1-4-21(3)18(27)26(20(28)25-21)16-10-15-24-19(22-5-2)23-14-9-13-17-11-7-6-8-12-17;/h6-8,11-12H,4-5,9-10,13-16H2,1-3H3,(H,25,28)(H2,22,23,24);1H. The molecule has 1 aromatic rings. The van der Waals surface area contributed by atoms with Crippen molar-refractivity contribution in [3.05, 3.63) is 35.9 Å². The number of urea groups is 1. The van der Waals surface area contributed by atoms with Crippen molar-refractivity contribution >= 4 is 41.9 Å². The highest BCUT2D eigenvalue weighted by molar-refractivity contribution is 14.0. The molecule has 7 nitrogen and oxygen atoms in total. The summed E-state index contributed by atoms with van der Waals surface area (Å²) >= 11 is 0. The molecule has 1 aliphatic rings. The quantitative estimate of drug-likeness (QED) is 0.147. The van der Waals surface area contributed by atoms with Crippen molar-refractivity contribution in [3.8, 4) is 0 Å². The SMILES string of the molecule is CCNC(=NCCCN1C(=O)NC(C)(CC)C1=O)NCCCc1ccccc1.I. The Morgan fingerprint density at radius 1 is 1.14 bits per heavy atom. The Morgan fingerprint density at radius 3 is 2.48 bits per heavy atom. The van der Waals surface area contributed by atoms with Crippen molar-refractivity contribution in [2.24, 2.45) is 4.99 Å². The Kier molecular flexibility index (Phi) is 11.0. The van der Waals surface area contributed by atoms with Gasteiger partial charge in [-0.1, -0.05) is 37.3 Å². The second-order valence-electron chi connectivity index (χ2n) is 7.20. The van der Waals surface area contributed by atoms with Gasteiger partial charge in [-0.3, -0.25) is 14.7 Å². The van der Waals surface area contributed by atoms with Crippen LogP contribution < -0.4 is 16.0 Å². The zero-order valence-corrected chi connectivity index (χ0v) is 20.0. The van der Waals surface area contributed by atoms with E-state index in [-0.39, 0.29) is 35.9 Å². The van der Waals surface area contributed by atoms with Gasteiger partial charge in [0.15, 0.2) is 5.96 Å². The first kappa shape index (κ1) is 25.2. The summed E-state index contributed by atoms with van der Waals surface area (Å²) in [5.74, 6) is 0.626. The zero-order chi connectivity index (χ0) is 20.4. The van der Waals surface area contributed by atoms with Gasteiger partial charge in [-0.15, -0.1) is 24.0 Å². The number of rotatable bonds is 10. The molecule has 0 bridgehead atoms. The average Bonchev–Trinajstić information content (AvgIpc) is 2.92. The van der Waals surface area contributed by atoms with E-state index in [2.05, 4.69) is 45.2 Å². The fourth-order valence-electron chi connectivity index (χ4n) is 3.10. The molecule has 1 unspecified atom stereocenters. The van der Waals surface area contributed by atoms with Crippen LogP contribution in [0.1, 0.15) is 45.6 Å². The summed E-state index contributed by atoms with van der Waals surface area (Å²) < 4.78 is 0. The molecule has 1 atom stereocenters. The van der Waals surface area contributed by atoms with Crippen LogP contribution in [0.3, 0.4) is 0 Å². The summed E-state index contributed by atoms with van der Waals surface area (Å²) in [4.78, 5) is 30.2. The summed E-state index contributed by atoms with van der Waals surface area (Å²) in [6.07, 6.45) is 3.27. The van der Waals surface area contributed by atoms with E-state index < -0.39 is 5.54 Å². The van der Waals surface area contributed by atoms with E-state index in [1.165, 1.54) is 10.5 Å². The lowest BCUT2D eigenvalue weighted by Crippen LogP contribution is -2.43. The van der Waals surface area contributed by atoms with Crippen molar-refractivity contribution in [3.63, 3.8) is 0 Å². The van der Waals surface area contributed by atoms with Crippen LogP contribution in [0.5, 0.6) is 0 Å². The molecule has 1 saturated heterocycles. The maximum absolute atomic E-state index is 12.4. The van der Waals surface area contributed by atoms with Crippen molar-refractivity contribution in [1.82, 2.24) is 20.9 Å². The molecule has 3 amide bonds. The first-order chi connectivity index (χ1) is 13.5. The van der Waals surface area contributed by atoms with Crippen LogP contribution in [0.25, 0.3) is 0 Å². The summed E-state index contributed by atoms with van der Waals surface area (Å²) in [7, 11) is 0. The molecule has 0 radical (unpaired) electrons. The van der Waals surface area contributed by atoms with Crippen LogP contribution in [0.2, 0.25) is 0 Å². The number of aryl methyl sites for hydroxylation is 1. The number of hydrogen-bond donors (Lipinski definition) is 3. The van der Waals surface area contributed by atoms with Crippen LogP contribution in [0.15, 0.2) is 35.3 Å². The Balaban J connectivity index is 0.00000420. The maximum atomic E-state index is 12.4. The van der Waals surface area contributed by atoms with Gasteiger partial charge in [-0.25, -0.2) is 4.79 Å². The lowest BCUT2D eigenvalue weighted by Gasteiger charge is -2.19. The van der Waals surface area contributed by atoms with Crippen LogP contribution in [0.4, 0.5) is 4.79 Å². The van der Waals surface area contributed by atoms with Gasteiger partial charge < -0.3 is 16.0 Å². The number of amides is 3. The predicted molar refractivity (Wildman–Crippen MR) is 128 cm³/mol. The van der Waals surface area contributed by atoms with E-state index in [0.29, 0.717) is 25.9 Å². The highest BCUT2D eigenvalue weighted by Gasteiger charge is 2.45. The maximum Gasteiger partial charge on any atom is 0.325 e. The largest absolute Gasteiger partial charge is 0.357 e. The molecule has 0 saturated carbocycles. The van der Waals surface area contributed by atoms with Gasteiger partial charge in [-0.05, 0) is 45.1 Å². The molecule has 0 aromatic heterocycles. The van der Waals surface area contributed by atoms with Crippen molar-refractivity contribution in [2.75, 3.05) is 26.2 Å². The van der Waals surface area contributed by atoms with Gasteiger partial charge >= 0.3 is 6.03 Å². The molecular formula is C21H34IN5O2. The normalized spacial score (nSPS) is 19.0. The van der Waals surface area contributed by atoms with Crippen molar-refractivity contribution < 1.29 is 9.59 Å². The Bertz CT molecular complexity index is 683. The van der Waals surface area contributed by atoms with Crippen LogP contribution >= 0.6 is 24.0 Å². The van der Waals surface area contributed by atoms with E-state index in [4.69, 9.17) is 0 Å². The average molecular weight is 515 g/mol. The number of hydrogen-bond acceptors (Lipinski definition) is 3. The highest BCUT2D eigenvalue weighted by Crippen LogP contribution is 2.20. The molecule has 0 spiro atoms. The first-order valence-corrected chi connectivity index (χ1v) is 10.2. The molecule has 29 heavy (non-hydrogen) atoms. The first-order valence-electron chi connectivity index (χ1n) is 10.2. The Morgan fingerprint density at radius 2 is 1.86 bits per heavy atom. The van der Waals surface area contributed by atoms with E-state index in [1.807, 2.05) is 19.9 Å². The third-order valence-corrected chi connectivity index (χ3v) is 4.98. The van der Waals surface area contributed by atoms with E-state index >= 15 is 0 Å². The molecule has 3 N–H and O–H groups in total. The third-order valence-electron chi connectivity index (χ3n) is 4.98. The molecule has 8 heteroatoms. The monoisotopic (exact) mass is 515 g/mol. The molecule has 0 aliphatic carbocycles. The summed E-state index contributed by atoms with van der Waals surface area (Å²) in [6, 6.07) is 10.1. The number of benzene rings is 1. The van der Waals surface area contributed by atoms with Gasteiger partial charge in [0, 0.05) is 26.2 Å². The summed E-state index contributed by atoms with van der Waals surface area (Å²) in [5, 5.41) is 9.34. The topological polar surface area (TPSA) is 85.8 Å². The van der Waals surface area contributed by atoms with Gasteiger partial charge in [0.2, 0.25) is 0 Å². The molecule has 1 fully saturated rings. The minimum atomic E-state index is -0.768. The molecule has 1 heterocycles. The lowest BCUT2D eigenvalue weighted by atomic mass is 9.99. The van der Waals surface area contributed by atoms with Crippen molar-refractivity contribution in [2.45, 2.75) is 52.0 Å². The number of carbonyl (C=O) groups is 2. The second-order valence-corrected chi connectivity index (χ2v) is 7.20. The van der Waals surface area contributed by atoms with Gasteiger partial charge in [0.25, 0.3) is 5.91 Å². The number of nitrogens with zero attached hydrogens (tertiary/aromatic N) is 2. The van der Waals surface area contributed by atoms with Crippen LogP contribution in [-0.4, -0.2) is 54.5 Å². The Hall–Kier alpha value is -1.84. The highest BCUT2D eigenvalue weighted by atomic mass is 127. The lowest BCUT2D eigenvalue weighted by molar-refractivity contribution is -0.130. The number of guanidine groups is 1. The number of imide groups is 1. The fraction of sp³-hybridized carbons (Fsp3) is 0.571. The third kappa shape index (κ3) is 7.49. The van der Waals surface area contributed by atoms with Crippen LogP contribution in [0, 0.1) is 0 Å². The number of carbonyl (C=O) groups excluding carboxylic acids is 2. The number of nitrogens with one attached hydrogen (secondary N) is 3. The van der Waals surface area contributed by atoms with Gasteiger partial charge in [0.05, 0.1) is 0 Å². The second kappa shape index (κ2) is 12.7. The predicted octanol–water partition coefficient (Wildman–Crippen LogP) is 2.90. The number of aliphatic imine (C=N–C) groups is 1. The van der Waals surface area contributed by atoms with E-state index in [9.17, 15) is 9.59 Å². The molecule has 162 valence electrons. The smallest absolute Gasteiger partial charge is 0.325 e. The summed E-state index contributed by atoms with van der Waals surface area (Å²) in [6.45, 7) is 8.26. The van der Waals surface area contributed by atoms with Gasteiger partial charge in [0.1, 0.15) is 5.54 Å². The number of halogens is 1. The summed E-state index contributed by atoms with van der Waals surface area (Å²) in [5.41, 5.74) is 0.564. The molecular weight excluding hydrogens is 481 g/mol. The van der Waals surface area contributed by atoms with E-state index in [1.54, 1.807) is 6.92 Å². The zero-order valence-electron chi connectivity index (χ0n) is 17.7. The molecule has 1 aliphatic heterocycles.